The molecule has 0 radical (unpaired) electrons. The first-order valence-corrected chi connectivity index (χ1v) is 6.50. The van der Waals surface area contributed by atoms with Crippen molar-refractivity contribution in [1.29, 1.82) is 0 Å². The Morgan fingerprint density at radius 3 is 2.82 bits per heavy atom. The van der Waals surface area contributed by atoms with Gasteiger partial charge in [0.05, 0.1) is 18.0 Å². The Kier molecular flexibility index (Phi) is 6.05. The molecule has 0 aliphatic carbocycles. The topological polar surface area (TPSA) is 39.1 Å². The Morgan fingerprint density at radius 1 is 1.41 bits per heavy atom. The van der Waals surface area contributed by atoms with Crippen LogP contribution >= 0.6 is 0 Å². The fourth-order valence-corrected chi connectivity index (χ4v) is 1.67. The van der Waals surface area contributed by atoms with Crippen molar-refractivity contribution in [3.05, 3.63) is 11.9 Å². The average molecular weight is 239 g/mol. The molecule has 0 fully saturated rings. The molecular weight excluding hydrogens is 214 g/mol. The molecule has 0 saturated heterocycles. The van der Waals surface area contributed by atoms with E-state index >= 15 is 0 Å². The van der Waals surface area contributed by atoms with Crippen molar-refractivity contribution in [3.63, 3.8) is 0 Å². The van der Waals surface area contributed by atoms with Gasteiger partial charge in [0.1, 0.15) is 0 Å². The van der Waals surface area contributed by atoms with Crippen LogP contribution in [0, 0.1) is 0 Å². The lowest BCUT2D eigenvalue weighted by molar-refractivity contribution is 0.141. The van der Waals surface area contributed by atoms with Crippen molar-refractivity contribution >= 4 is 5.69 Å². The van der Waals surface area contributed by atoms with Crippen LogP contribution in [0.25, 0.3) is 0 Å². The first kappa shape index (κ1) is 14.0. The summed E-state index contributed by atoms with van der Waals surface area (Å²) in [6.45, 7) is 8.95. The Labute approximate surface area is 104 Å². The average Bonchev–Trinajstić information content (AvgIpc) is 2.65. The predicted molar refractivity (Wildman–Crippen MR) is 71.5 cm³/mol. The van der Waals surface area contributed by atoms with Gasteiger partial charge in [-0.3, -0.25) is 4.68 Å². The number of aromatic nitrogens is 2. The lowest BCUT2D eigenvalue weighted by Crippen LogP contribution is -2.11. The maximum atomic E-state index is 5.51. The van der Waals surface area contributed by atoms with Gasteiger partial charge in [-0.15, -0.1) is 0 Å². The zero-order valence-electron chi connectivity index (χ0n) is 11.5. The third kappa shape index (κ3) is 4.77. The van der Waals surface area contributed by atoms with Crippen molar-refractivity contribution in [3.8, 4) is 0 Å². The smallest absolute Gasteiger partial charge is 0.0881 e. The first-order chi connectivity index (χ1) is 8.15. The van der Waals surface area contributed by atoms with Crippen LogP contribution in [0.1, 0.15) is 45.2 Å². The lowest BCUT2D eigenvalue weighted by atomic mass is 10.1. The quantitative estimate of drug-likeness (QED) is 0.709. The number of hydrogen-bond acceptors (Lipinski definition) is 3. The van der Waals surface area contributed by atoms with Gasteiger partial charge in [0.2, 0.25) is 0 Å². The van der Waals surface area contributed by atoms with E-state index in [1.807, 2.05) is 17.9 Å². The Morgan fingerprint density at radius 2 is 2.18 bits per heavy atom. The minimum Gasteiger partial charge on any atom is -0.380 e. The molecule has 17 heavy (non-hydrogen) atoms. The van der Waals surface area contributed by atoms with Crippen LogP contribution in [0.3, 0.4) is 0 Å². The van der Waals surface area contributed by atoms with Crippen LogP contribution in [0.2, 0.25) is 0 Å². The maximum Gasteiger partial charge on any atom is 0.0881 e. The molecule has 1 aromatic rings. The minimum absolute atomic E-state index is 0.444. The summed E-state index contributed by atoms with van der Waals surface area (Å²) in [4.78, 5) is 0. The number of nitrogens with one attached hydrogen (secondary N) is 1. The fraction of sp³-hybridized carbons (Fsp3) is 0.769. The van der Waals surface area contributed by atoms with E-state index < -0.39 is 0 Å². The highest BCUT2D eigenvalue weighted by Gasteiger charge is 2.10. The van der Waals surface area contributed by atoms with E-state index in [1.165, 1.54) is 6.42 Å². The van der Waals surface area contributed by atoms with Gasteiger partial charge in [-0.25, -0.2) is 0 Å². The van der Waals surface area contributed by atoms with E-state index in [0.717, 1.165) is 37.6 Å². The van der Waals surface area contributed by atoms with Crippen LogP contribution < -0.4 is 5.32 Å². The number of ether oxygens (including phenoxy) is 1. The van der Waals surface area contributed by atoms with Crippen molar-refractivity contribution in [1.82, 2.24) is 9.78 Å². The number of unbranched alkanes of at least 4 members (excludes halogenated alkanes) is 1. The monoisotopic (exact) mass is 239 g/mol. The van der Waals surface area contributed by atoms with E-state index in [2.05, 4.69) is 31.2 Å². The summed E-state index contributed by atoms with van der Waals surface area (Å²) in [5, 5.41) is 7.84. The molecule has 1 rings (SSSR count). The second-order valence-electron chi connectivity index (χ2n) is 4.65. The molecule has 4 nitrogen and oxygen atoms in total. The molecule has 1 N–H and O–H groups in total. The van der Waals surface area contributed by atoms with E-state index in [-0.39, 0.29) is 0 Å². The van der Waals surface area contributed by atoms with Gasteiger partial charge in [-0.2, -0.15) is 5.10 Å². The van der Waals surface area contributed by atoms with Crippen LogP contribution in [0.4, 0.5) is 5.69 Å². The number of nitrogens with zero attached hydrogens (tertiary/aromatic N) is 2. The van der Waals surface area contributed by atoms with E-state index in [1.54, 1.807) is 0 Å². The molecule has 0 amide bonds. The third-order valence-electron chi connectivity index (χ3n) is 2.61. The Balaban J connectivity index is 2.31. The van der Waals surface area contributed by atoms with Crippen molar-refractivity contribution in [2.24, 2.45) is 7.05 Å². The highest BCUT2D eigenvalue weighted by molar-refractivity contribution is 5.47. The maximum absolute atomic E-state index is 5.51. The third-order valence-corrected chi connectivity index (χ3v) is 2.61. The fourth-order valence-electron chi connectivity index (χ4n) is 1.67. The normalized spacial score (nSPS) is 11.1. The molecule has 1 aromatic heterocycles. The van der Waals surface area contributed by atoms with Crippen LogP contribution in [-0.4, -0.2) is 29.5 Å². The molecule has 0 aromatic carbocycles. The number of anilines is 1. The van der Waals surface area contributed by atoms with Crippen LogP contribution in [-0.2, 0) is 11.8 Å². The predicted octanol–water partition coefficient (Wildman–Crippen LogP) is 2.77. The van der Waals surface area contributed by atoms with Gasteiger partial charge < -0.3 is 10.1 Å². The summed E-state index contributed by atoms with van der Waals surface area (Å²) in [6.07, 6.45) is 4.36. The summed E-state index contributed by atoms with van der Waals surface area (Å²) < 4.78 is 7.37. The summed E-state index contributed by atoms with van der Waals surface area (Å²) in [5.41, 5.74) is 2.25. The Bertz CT molecular complexity index is 320. The standard InChI is InChI=1S/C13H25N3O/c1-5-6-8-17-9-7-14-12-10-16(4)15-13(12)11(2)3/h10-11,14H,5-9H2,1-4H3. The Hall–Kier alpha value is -1.03. The molecule has 0 unspecified atom stereocenters. The SMILES string of the molecule is CCCCOCCNc1cn(C)nc1C(C)C. The molecule has 0 saturated carbocycles. The molecule has 0 aliphatic rings. The highest BCUT2D eigenvalue weighted by Crippen LogP contribution is 2.21. The van der Waals surface area contributed by atoms with Crippen LogP contribution in [0.15, 0.2) is 6.20 Å². The first-order valence-electron chi connectivity index (χ1n) is 6.50. The number of rotatable bonds is 8. The van der Waals surface area contributed by atoms with Crippen LogP contribution in [0.5, 0.6) is 0 Å². The van der Waals surface area contributed by atoms with Crippen molar-refractivity contribution in [2.45, 2.75) is 39.5 Å². The number of aryl methyl sites for hydroxylation is 1. The van der Waals surface area contributed by atoms with Crippen molar-refractivity contribution < 1.29 is 4.74 Å². The molecule has 1 heterocycles. The molecule has 0 aliphatic heterocycles. The van der Waals surface area contributed by atoms with Gasteiger partial charge in [-0.05, 0) is 12.3 Å². The van der Waals surface area contributed by atoms with E-state index in [4.69, 9.17) is 4.74 Å². The highest BCUT2D eigenvalue weighted by atomic mass is 16.5. The second kappa shape index (κ2) is 7.33. The second-order valence-corrected chi connectivity index (χ2v) is 4.65. The van der Waals surface area contributed by atoms with E-state index in [9.17, 15) is 0 Å². The molecule has 0 bridgehead atoms. The van der Waals surface area contributed by atoms with Gasteiger partial charge in [-0.1, -0.05) is 27.2 Å². The van der Waals surface area contributed by atoms with Gasteiger partial charge in [0.15, 0.2) is 0 Å². The summed E-state index contributed by atoms with van der Waals surface area (Å²) >= 11 is 0. The zero-order chi connectivity index (χ0) is 12.7. The number of hydrogen-bond donors (Lipinski definition) is 1. The lowest BCUT2D eigenvalue weighted by Gasteiger charge is -2.08. The molecule has 0 atom stereocenters. The molecule has 4 heteroatoms. The van der Waals surface area contributed by atoms with E-state index in [0.29, 0.717) is 5.92 Å². The van der Waals surface area contributed by atoms with Gasteiger partial charge >= 0.3 is 0 Å². The minimum atomic E-state index is 0.444. The zero-order valence-corrected chi connectivity index (χ0v) is 11.5. The molecular formula is C13H25N3O. The van der Waals surface area contributed by atoms with Gasteiger partial charge in [0, 0.05) is 26.4 Å². The van der Waals surface area contributed by atoms with Gasteiger partial charge in [0.25, 0.3) is 0 Å². The summed E-state index contributed by atoms with van der Waals surface area (Å²) in [6, 6.07) is 0. The largest absolute Gasteiger partial charge is 0.380 e. The summed E-state index contributed by atoms with van der Waals surface area (Å²) in [5.74, 6) is 0.444. The molecule has 0 spiro atoms. The summed E-state index contributed by atoms with van der Waals surface area (Å²) in [7, 11) is 1.95. The van der Waals surface area contributed by atoms with Crippen molar-refractivity contribution in [2.75, 3.05) is 25.1 Å². The molecule has 98 valence electrons.